The Balaban J connectivity index is 1.35. The lowest BCUT2D eigenvalue weighted by molar-refractivity contribution is 0.0721. The van der Waals surface area contributed by atoms with Crippen molar-refractivity contribution >= 4 is 17.0 Å². The molecule has 1 aromatic carbocycles. The van der Waals surface area contributed by atoms with Gasteiger partial charge in [0.1, 0.15) is 5.52 Å². The van der Waals surface area contributed by atoms with Crippen LogP contribution in [-0.4, -0.2) is 43.4 Å². The van der Waals surface area contributed by atoms with Crippen LogP contribution in [0.25, 0.3) is 11.1 Å². The predicted octanol–water partition coefficient (Wildman–Crippen LogP) is 2.91. The fourth-order valence-electron chi connectivity index (χ4n) is 3.82. The highest BCUT2D eigenvalue weighted by molar-refractivity contribution is 5.97. The van der Waals surface area contributed by atoms with Crippen molar-refractivity contribution in [2.24, 2.45) is 0 Å². The smallest absolute Gasteiger partial charge is 0.254 e. The fourth-order valence-corrected chi connectivity index (χ4v) is 3.82. The van der Waals surface area contributed by atoms with Gasteiger partial charge in [-0.25, -0.2) is 4.98 Å². The molecule has 3 heterocycles. The van der Waals surface area contributed by atoms with Crippen molar-refractivity contribution in [1.82, 2.24) is 24.9 Å². The number of hydrogen-bond acceptors (Lipinski definition) is 5. The quantitative estimate of drug-likeness (QED) is 0.722. The van der Waals surface area contributed by atoms with Gasteiger partial charge in [0.2, 0.25) is 0 Å². The maximum Gasteiger partial charge on any atom is 0.254 e. The number of benzene rings is 1. The third-order valence-electron chi connectivity index (χ3n) is 5.33. The number of carbonyl (C=O) groups is 1. The molecule has 1 saturated carbocycles. The van der Waals surface area contributed by atoms with E-state index < -0.39 is 0 Å². The normalized spacial score (nSPS) is 20.2. The largest absolute Gasteiger partial charge is 0.441 e. The maximum absolute atomic E-state index is 13.0. The van der Waals surface area contributed by atoms with Crippen molar-refractivity contribution in [3.63, 3.8) is 0 Å². The van der Waals surface area contributed by atoms with Crippen LogP contribution in [0.2, 0.25) is 0 Å². The van der Waals surface area contributed by atoms with Gasteiger partial charge in [0.15, 0.2) is 11.5 Å². The first-order valence-corrected chi connectivity index (χ1v) is 9.25. The molecule has 0 bridgehead atoms. The van der Waals surface area contributed by atoms with Crippen LogP contribution in [0.5, 0.6) is 0 Å². The van der Waals surface area contributed by atoms with Crippen molar-refractivity contribution in [2.75, 3.05) is 6.54 Å². The van der Waals surface area contributed by atoms with E-state index in [2.05, 4.69) is 15.3 Å². The molecule has 7 heteroatoms. The van der Waals surface area contributed by atoms with E-state index in [0.717, 1.165) is 30.6 Å². The highest BCUT2D eigenvalue weighted by atomic mass is 16.3. The minimum absolute atomic E-state index is 0.0472. The first kappa shape index (κ1) is 15.5. The Morgan fingerprint density at radius 3 is 3.04 bits per heavy atom. The van der Waals surface area contributed by atoms with Gasteiger partial charge in [-0.15, -0.1) is 5.10 Å². The van der Waals surface area contributed by atoms with E-state index in [-0.39, 0.29) is 11.9 Å². The topological polar surface area (TPSA) is 77.1 Å². The Morgan fingerprint density at radius 1 is 1.31 bits per heavy atom. The Kier molecular flexibility index (Phi) is 3.55. The molecule has 1 atom stereocenters. The zero-order valence-electron chi connectivity index (χ0n) is 14.8. The van der Waals surface area contributed by atoms with Crippen LogP contribution in [0.15, 0.2) is 28.8 Å². The summed E-state index contributed by atoms with van der Waals surface area (Å²) in [7, 11) is 0. The van der Waals surface area contributed by atoms with E-state index in [1.807, 2.05) is 34.8 Å². The lowest BCUT2D eigenvalue weighted by Gasteiger charge is -2.24. The lowest BCUT2D eigenvalue weighted by Crippen LogP contribution is -2.38. The van der Waals surface area contributed by atoms with Crippen LogP contribution >= 0.6 is 0 Å². The van der Waals surface area contributed by atoms with E-state index >= 15 is 0 Å². The third kappa shape index (κ3) is 2.77. The molecule has 0 unspecified atom stereocenters. The minimum Gasteiger partial charge on any atom is -0.441 e. The zero-order chi connectivity index (χ0) is 17.7. The van der Waals surface area contributed by atoms with Gasteiger partial charge in [-0.2, -0.15) is 0 Å². The first-order chi connectivity index (χ1) is 12.7. The molecule has 2 aliphatic rings. The van der Waals surface area contributed by atoms with E-state index in [0.29, 0.717) is 29.5 Å². The van der Waals surface area contributed by atoms with Crippen molar-refractivity contribution in [2.45, 2.75) is 51.1 Å². The van der Waals surface area contributed by atoms with Crippen molar-refractivity contribution < 1.29 is 9.21 Å². The van der Waals surface area contributed by atoms with Crippen LogP contribution in [0.4, 0.5) is 0 Å². The SMILES string of the molecule is Cc1nc2ccc(C(=O)N3CCC[C@H]3Cn3cc(C4CC4)nn3)cc2o1. The van der Waals surface area contributed by atoms with Crippen molar-refractivity contribution in [1.29, 1.82) is 0 Å². The molecule has 0 N–H and O–H groups in total. The first-order valence-electron chi connectivity index (χ1n) is 9.25. The van der Waals surface area contributed by atoms with Crippen LogP contribution in [0.1, 0.15) is 53.5 Å². The number of amides is 1. The van der Waals surface area contributed by atoms with Crippen LogP contribution in [0, 0.1) is 6.92 Å². The van der Waals surface area contributed by atoms with Gasteiger partial charge in [-0.3, -0.25) is 9.48 Å². The minimum atomic E-state index is 0.0472. The summed E-state index contributed by atoms with van der Waals surface area (Å²) in [6.07, 6.45) is 6.49. The van der Waals surface area contributed by atoms with Crippen LogP contribution in [-0.2, 0) is 6.54 Å². The van der Waals surface area contributed by atoms with Gasteiger partial charge in [0.25, 0.3) is 5.91 Å². The number of rotatable bonds is 4. The van der Waals surface area contributed by atoms with Gasteiger partial charge in [0.05, 0.1) is 18.3 Å². The molecule has 1 saturated heterocycles. The molecule has 26 heavy (non-hydrogen) atoms. The number of oxazole rings is 1. The van der Waals surface area contributed by atoms with Gasteiger partial charge < -0.3 is 9.32 Å². The number of nitrogens with zero attached hydrogens (tertiary/aromatic N) is 5. The number of aryl methyl sites for hydroxylation is 1. The fraction of sp³-hybridized carbons (Fsp3) is 0.474. The molecule has 1 amide bonds. The summed E-state index contributed by atoms with van der Waals surface area (Å²) in [5.74, 6) is 1.26. The van der Waals surface area contributed by atoms with Crippen molar-refractivity contribution in [3.8, 4) is 0 Å². The van der Waals surface area contributed by atoms with Gasteiger partial charge in [-0.05, 0) is 43.9 Å². The van der Waals surface area contributed by atoms with Crippen LogP contribution in [0.3, 0.4) is 0 Å². The third-order valence-corrected chi connectivity index (χ3v) is 5.33. The average molecular weight is 351 g/mol. The monoisotopic (exact) mass is 351 g/mol. The number of fused-ring (bicyclic) bond motifs is 1. The summed E-state index contributed by atoms with van der Waals surface area (Å²) in [4.78, 5) is 19.3. The number of carbonyl (C=O) groups excluding carboxylic acids is 1. The van der Waals surface area contributed by atoms with E-state index in [9.17, 15) is 4.79 Å². The summed E-state index contributed by atoms with van der Waals surface area (Å²) in [6, 6.07) is 5.64. The summed E-state index contributed by atoms with van der Waals surface area (Å²) in [5, 5.41) is 8.53. The van der Waals surface area contributed by atoms with Gasteiger partial charge in [0, 0.05) is 31.1 Å². The Morgan fingerprint density at radius 2 is 2.19 bits per heavy atom. The number of aromatic nitrogens is 4. The van der Waals surface area contributed by atoms with Crippen LogP contribution < -0.4 is 0 Å². The molecule has 1 aliphatic heterocycles. The van der Waals surface area contributed by atoms with Crippen molar-refractivity contribution in [3.05, 3.63) is 41.5 Å². The standard InChI is InChI=1S/C19H21N5O2/c1-12-20-16-7-6-14(9-18(16)26-12)19(25)24-8-2-3-15(24)10-23-11-17(21-22-23)13-4-5-13/h6-7,9,11,13,15H,2-5,8,10H2,1H3/t15-/m0/s1. The molecule has 0 radical (unpaired) electrons. The highest BCUT2D eigenvalue weighted by Crippen LogP contribution is 2.38. The second kappa shape index (κ2) is 5.93. The molecule has 1 aliphatic carbocycles. The predicted molar refractivity (Wildman–Crippen MR) is 94.8 cm³/mol. The number of likely N-dealkylation sites (tertiary alicyclic amines) is 1. The van der Waals surface area contributed by atoms with Gasteiger partial charge in [-0.1, -0.05) is 5.21 Å². The summed E-state index contributed by atoms with van der Waals surface area (Å²) < 4.78 is 7.47. The second-order valence-electron chi connectivity index (χ2n) is 7.35. The van der Waals surface area contributed by atoms with E-state index in [1.165, 1.54) is 12.8 Å². The molecule has 2 fully saturated rings. The van der Waals surface area contributed by atoms with Gasteiger partial charge >= 0.3 is 0 Å². The molecule has 3 aromatic rings. The Hall–Kier alpha value is -2.70. The molecular formula is C19H21N5O2. The molecule has 134 valence electrons. The summed E-state index contributed by atoms with van der Waals surface area (Å²) in [6.45, 7) is 3.29. The van der Waals surface area contributed by atoms with E-state index in [4.69, 9.17) is 4.42 Å². The summed E-state index contributed by atoms with van der Waals surface area (Å²) >= 11 is 0. The lowest BCUT2D eigenvalue weighted by atomic mass is 10.1. The number of hydrogen-bond donors (Lipinski definition) is 0. The average Bonchev–Trinajstić information content (AvgIpc) is 3.04. The zero-order valence-corrected chi connectivity index (χ0v) is 14.8. The summed E-state index contributed by atoms with van der Waals surface area (Å²) in [5.41, 5.74) is 3.19. The highest BCUT2D eigenvalue weighted by Gasteiger charge is 2.31. The molecule has 0 spiro atoms. The second-order valence-corrected chi connectivity index (χ2v) is 7.35. The van der Waals surface area contributed by atoms with E-state index in [1.54, 1.807) is 6.07 Å². The molecule has 7 nitrogen and oxygen atoms in total. The molecule has 5 rings (SSSR count). The Labute approximate surface area is 151 Å². The maximum atomic E-state index is 13.0. The molecular weight excluding hydrogens is 330 g/mol. The Bertz CT molecular complexity index is 971. The molecule has 2 aromatic heterocycles.